The number of benzene rings is 1. The summed E-state index contributed by atoms with van der Waals surface area (Å²) in [6.07, 6.45) is 0.381. The number of carboxylic acid groups (broad SMARTS) is 1. The first-order valence-corrected chi connectivity index (χ1v) is 7.13. The number of hydrogen-bond acceptors (Lipinski definition) is 4. The van der Waals surface area contributed by atoms with Gasteiger partial charge in [0.05, 0.1) is 12.8 Å². The molecule has 0 saturated heterocycles. The molecule has 2 rings (SSSR count). The molecule has 1 atom stereocenters. The molecule has 1 aromatic carbocycles. The molecule has 2 aromatic rings. The maximum atomic E-state index is 11.6. The summed E-state index contributed by atoms with van der Waals surface area (Å²) in [6, 6.07) is 7.49. The van der Waals surface area contributed by atoms with Crippen LogP contribution in [0.4, 0.5) is 0 Å². The summed E-state index contributed by atoms with van der Waals surface area (Å²) in [4.78, 5) is 17.0. The number of aromatic nitrogens is 1. The van der Waals surface area contributed by atoms with E-state index in [1.807, 2.05) is 38.1 Å². The van der Waals surface area contributed by atoms with E-state index in [4.69, 9.17) is 4.74 Å². The van der Waals surface area contributed by atoms with Crippen molar-refractivity contribution in [2.75, 3.05) is 7.11 Å². The molecular formula is C15H17NO3S. The molecule has 0 aliphatic heterocycles. The quantitative estimate of drug-likeness (QED) is 0.919. The summed E-state index contributed by atoms with van der Waals surface area (Å²) >= 11 is 1.45. The van der Waals surface area contributed by atoms with Gasteiger partial charge in [0.1, 0.15) is 16.7 Å². The van der Waals surface area contributed by atoms with Crippen LogP contribution in [0.25, 0.3) is 0 Å². The molecule has 0 radical (unpaired) electrons. The van der Waals surface area contributed by atoms with Crippen LogP contribution < -0.4 is 4.74 Å². The molecule has 0 aliphatic carbocycles. The Morgan fingerprint density at radius 3 is 2.65 bits per heavy atom. The molecular weight excluding hydrogens is 274 g/mol. The van der Waals surface area contributed by atoms with Crippen LogP contribution >= 0.6 is 11.3 Å². The molecule has 106 valence electrons. The van der Waals surface area contributed by atoms with E-state index < -0.39 is 11.9 Å². The number of carbonyl (C=O) groups is 1. The molecule has 0 aliphatic rings. The van der Waals surface area contributed by atoms with Crippen molar-refractivity contribution in [3.05, 3.63) is 45.4 Å². The number of carboxylic acids is 1. The summed E-state index contributed by atoms with van der Waals surface area (Å²) in [6.45, 7) is 3.86. The van der Waals surface area contributed by atoms with Crippen molar-refractivity contribution in [3.63, 3.8) is 0 Å². The lowest BCUT2D eigenvalue weighted by molar-refractivity contribution is -0.138. The van der Waals surface area contributed by atoms with E-state index >= 15 is 0 Å². The van der Waals surface area contributed by atoms with E-state index in [1.165, 1.54) is 11.3 Å². The zero-order valence-corrected chi connectivity index (χ0v) is 12.5. The number of hydrogen-bond donors (Lipinski definition) is 1. The van der Waals surface area contributed by atoms with Crippen molar-refractivity contribution in [2.45, 2.75) is 26.2 Å². The van der Waals surface area contributed by atoms with Gasteiger partial charge < -0.3 is 9.84 Å². The van der Waals surface area contributed by atoms with Crippen molar-refractivity contribution >= 4 is 17.3 Å². The second-order valence-corrected chi connectivity index (χ2v) is 5.84. The number of nitrogens with zero attached hydrogens (tertiary/aromatic N) is 1. The van der Waals surface area contributed by atoms with Crippen molar-refractivity contribution in [1.82, 2.24) is 4.98 Å². The first kappa shape index (κ1) is 14.5. The van der Waals surface area contributed by atoms with Crippen molar-refractivity contribution in [3.8, 4) is 5.75 Å². The maximum Gasteiger partial charge on any atom is 0.313 e. The zero-order chi connectivity index (χ0) is 14.7. The maximum absolute atomic E-state index is 11.6. The van der Waals surface area contributed by atoms with Crippen LogP contribution in [0.1, 0.15) is 27.1 Å². The fourth-order valence-corrected chi connectivity index (χ4v) is 3.03. The van der Waals surface area contributed by atoms with Gasteiger partial charge in [-0.1, -0.05) is 18.2 Å². The number of rotatable bonds is 5. The van der Waals surface area contributed by atoms with Crippen LogP contribution in [0.2, 0.25) is 0 Å². The topological polar surface area (TPSA) is 59.4 Å². The second kappa shape index (κ2) is 6.05. The fraction of sp³-hybridized carbons (Fsp3) is 0.333. The van der Waals surface area contributed by atoms with Crippen LogP contribution in [-0.2, 0) is 11.2 Å². The number of thiazole rings is 1. The smallest absolute Gasteiger partial charge is 0.313 e. The van der Waals surface area contributed by atoms with E-state index in [2.05, 4.69) is 4.98 Å². The number of ether oxygens (including phenoxy) is 1. The number of aliphatic carboxylic acids is 1. The third kappa shape index (κ3) is 2.99. The Hall–Kier alpha value is -1.88. The molecule has 20 heavy (non-hydrogen) atoms. The summed E-state index contributed by atoms with van der Waals surface area (Å²) in [5.41, 5.74) is 1.78. The lowest BCUT2D eigenvalue weighted by Crippen LogP contribution is -2.14. The second-order valence-electron chi connectivity index (χ2n) is 4.60. The highest BCUT2D eigenvalue weighted by Crippen LogP contribution is 2.30. The largest absolute Gasteiger partial charge is 0.496 e. The number of para-hydroxylation sites is 1. The van der Waals surface area contributed by atoms with Gasteiger partial charge in [0.15, 0.2) is 0 Å². The molecule has 1 unspecified atom stereocenters. The van der Waals surface area contributed by atoms with Crippen LogP contribution in [0.5, 0.6) is 5.75 Å². The molecule has 0 saturated carbocycles. The SMILES string of the molecule is COc1ccccc1CC(C(=O)O)c1nc(C)c(C)s1. The summed E-state index contributed by atoms with van der Waals surface area (Å²) < 4.78 is 5.28. The monoisotopic (exact) mass is 291 g/mol. The van der Waals surface area contributed by atoms with Gasteiger partial charge in [-0.3, -0.25) is 4.79 Å². The Balaban J connectivity index is 2.33. The number of aryl methyl sites for hydroxylation is 2. The Morgan fingerprint density at radius 2 is 2.10 bits per heavy atom. The van der Waals surface area contributed by atoms with E-state index in [0.717, 1.165) is 16.1 Å². The predicted octanol–water partition coefficient (Wildman–Crippen LogP) is 3.18. The third-order valence-corrected chi connectivity index (χ3v) is 4.44. The lowest BCUT2D eigenvalue weighted by Gasteiger charge is -2.12. The van der Waals surface area contributed by atoms with Gasteiger partial charge in [0.2, 0.25) is 0 Å². The van der Waals surface area contributed by atoms with Crippen LogP contribution in [0.15, 0.2) is 24.3 Å². The molecule has 1 aromatic heterocycles. The van der Waals surface area contributed by atoms with Gasteiger partial charge >= 0.3 is 5.97 Å². The zero-order valence-electron chi connectivity index (χ0n) is 11.7. The minimum Gasteiger partial charge on any atom is -0.496 e. The summed E-state index contributed by atoms with van der Waals surface area (Å²) in [5, 5.41) is 10.1. The minimum atomic E-state index is -0.857. The molecule has 5 heteroatoms. The van der Waals surface area contributed by atoms with Crippen LogP contribution in [0, 0.1) is 13.8 Å². The van der Waals surface area contributed by atoms with Gasteiger partial charge in [0.25, 0.3) is 0 Å². The average Bonchev–Trinajstić information content (AvgIpc) is 2.75. The van der Waals surface area contributed by atoms with Gasteiger partial charge in [-0.15, -0.1) is 11.3 Å². The van der Waals surface area contributed by atoms with E-state index in [9.17, 15) is 9.90 Å². The molecule has 0 bridgehead atoms. The van der Waals surface area contributed by atoms with Gasteiger partial charge in [-0.25, -0.2) is 4.98 Å². The van der Waals surface area contributed by atoms with E-state index in [-0.39, 0.29) is 0 Å². The molecule has 0 amide bonds. The first-order chi connectivity index (χ1) is 9.52. The van der Waals surface area contributed by atoms with Gasteiger partial charge in [-0.2, -0.15) is 0 Å². The van der Waals surface area contributed by atoms with E-state index in [0.29, 0.717) is 17.2 Å². The van der Waals surface area contributed by atoms with Crippen molar-refractivity contribution in [2.24, 2.45) is 0 Å². The Labute approximate surface area is 122 Å². The Kier molecular flexibility index (Phi) is 4.39. The molecule has 4 nitrogen and oxygen atoms in total. The summed E-state index contributed by atoms with van der Waals surface area (Å²) in [5.74, 6) is -0.780. The van der Waals surface area contributed by atoms with Crippen molar-refractivity contribution < 1.29 is 14.6 Å². The average molecular weight is 291 g/mol. The Morgan fingerprint density at radius 1 is 1.40 bits per heavy atom. The molecule has 0 fully saturated rings. The standard InChI is InChI=1S/C15H17NO3S/c1-9-10(2)20-14(16-9)12(15(17)18)8-11-6-4-5-7-13(11)19-3/h4-7,12H,8H2,1-3H3,(H,17,18). The highest BCUT2D eigenvalue weighted by Gasteiger charge is 2.25. The van der Waals surface area contributed by atoms with Gasteiger partial charge in [-0.05, 0) is 31.9 Å². The highest BCUT2D eigenvalue weighted by atomic mass is 32.1. The van der Waals surface area contributed by atoms with E-state index in [1.54, 1.807) is 7.11 Å². The van der Waals surface area contributed by atoms with Crippen LogP contribution in [0.3, 0.4) is 0 Å². The molecule has 1 heterocycles. The Bertz CT molecular complexity index is 602. The molecule has 1 N–H and O–H groups in total. The first-order valence-electron chi connectivity index (χ1n) is 6.31. The lowest BCUT2D eigenvalue weighted by atomic mass is 9.99. The van der Waals surface area contributed by atoms with Crippen LogP contribution in [-0.4, -0.2) is 23.2 Å². The number of methoxy groups -OCH3 is 1. The van der Waals surface area contributed by atoms with Gasteiger partial charge in [0, 0.05) is 4.88 Å². The fourth-order valence-electron chi connectivity index (χ4n) is 2.02. The highest BCUT2D eigenvalue weighted by molar-refractivity contribution is 7.11. The molecule has 0 spiro atoms. The minimum absolute atomic E-state index is 0.381. The normalized spacial score (nSPS) is 12.2. The van der Waals surface area contributed by atoms with Crippen molar-refractivity contribution in [1.29, 1.82) is 0 Å². The summed E-state index contributed by atoms with van der Waals surface area (Å²) in [7, 11) is 1.59. The predicted molar refractivity (Wildman–Crippen MR) is 78.7 cm³/mol. The third-order valence-electron chi connectivity index (χ3n) is 3.26.